The largest absolute Gasteiger partial charge is 0.416 e. The Bertz CT molecular complexity index is 1850. The zero-order valence-electron chi connectivity index (χ0n) is 23.4. The number of pyridine rings is 1. The second-order valence-electron chi connectivity index (χ2n) is 10.5. The number of carbonyl (C=O) groups is 1. The highest BCUT2D eigenvalue weighted by atomic mass is 32.2. The number of carbonyl (C=O) groups excluding carboxylic acids is 1. The van der Waals surface area contributed by atoms with E-state index in [0.717, 1.165) is 17.5 Å². The van der Waals surface area contributed by atoms with E-state index < -0.39 is 43.2 Å². The van der Waals surface area contributed by atoms with Crippen molar-refractivity contribution in [2.45, 2.75) is 42.9 Å². The van der Waals surface area contributed by atoms with Crippen molar-refractivity contribution in [2.75, 3.05) is 13.1 Å². The van der Waals surface area contributed by atoms with Gasteiger partial charge in [-0.15, -0.1) is 0 Å². The normalized spacial score (nSPS) is 17.6. The van der Waals surface area contributed by atoms with Gasteiger partial charge in [0.2, 0.25) is 20.0 Å². The molecule has 0 bridgehead atoms. The van der Waals surface area contributed by atoms with Gasteiger partial charge in [-0.05, 0) is 72.9 Å². The zero-order valence-corrected chi connectivity index (χ0v) is 25.0. The molecule has 1 amide bonds. The number of aliphatic imine (C=N–C) groups is 1. The van der Waals surface area contributed by atoms with Crippen molar-refractivity contribution in [2.24, 2.45) is 4.99 Å². The molecule has 2 aliphatic heterocycles. The number of hydrogen-bond donors (Lipinski definition) is 2. The van der Waals surface area contributed by atoms with E-state index in [0.29, 0.717) is 16.7 Å². The van der Waals surface area contributed by atoms with Gasteiger partial charge >= 0.3 is 6.18 Å². The summed E-state index contributed by atoms with van der Waals surface area (Å²) in [4.78, 5) is 21.3. The number of nitrogens with zero attached hydrogens (tertiary/aromatic N) is 3. The molecule has 15 heteroatoms. The number of amides is 1. The van der Waals surface area contributed by atoms with Crippen LogP contribution in [-0.2, 0) is 37.6 Å². The Morgan fingerprint density at radius 2 is 1.80 bits per heavy atom. The minimum absolute atomic E-state index is 0.0190. The van der Waals surface area contributed by atoms with Crippen LogP contribution < -0.4 is 10.0 Å². The van der Waals surface area contributed by atoms with Crippen LogP contribution in [0.2, 0.25) is 0 Å². The molecule has 44 heavy (non-hydrogen) atoms. The van der Waals surface area contributed by atoms with E-state index in [1.165, 1.54) is 40.7 Å². The number of nitrogens with one attached hydrogen (secondary N) is 2. The Morgan fingerprint density at radius 3 is 2.45 bits per heavy atom. The molecule has 2 aliphatic rings. The highest BCUT2D eigenvalue weighted by Crippen LogP contribution is 2.34. The summed E-state index contributed by atoms with van der Waals surface area (Å²) >= 11 is 0. The Kier molecular flexibility index (Phi) is 8.50. The van der Waals surface area contributed by atoms with Crippen molar-refractivity contribution >= 4 is 37.9 Å². The highest BCUT2D eigenvalue weighted by Gasteiger charge is 2.47. The molecule has 0 radical (unpaired) electrons. The monoisotopic (exact) mass is 647 g/mol. The van der Waals surface area contributed by atoms with E-state index in [2.05, 4.69) is 20.0 Å². The number of amidine groups is 1. The van der Waals surface area contributed by atoms with Crippen LogP contribution in [0.5, 0.6) is 0 Å². The van der Waals surface area contributed by atoms with Gasteiger partial charge in [-0.2, -0.15) is 17.5 Å². The first-order valence-corrected chi connectivity index (χ1v) is 16.4. The van der Waals surface area contributed by atoms with E-state index in [4.69, 9.17) is 0 Å². The zero-order chi connectivity index (χ0) is 31.8. The van der Waals surface area contributed by atoms with Crippen LogP contribution in [0, 0.1) is 6.92 Å². The summed E-state index contributed by atoms with van der Waals surface area (Å²) in [5.41, 5.74) is -0.303. The van der Waals surface area contributed by atoms with Gasteiger partial charge in [0.05, 0.1) is 10.5 Å². The van der Waals surface area contributed by atoms with Crippen LogP contribution in [0.15, 0.2) is 82.3 Å². The molecule has 0 atom stereocenters. The third kappa shape index (κ3) is 6.75. The summed E-state index contributed by atoms with van der Waals surface area (Å²) in [7, 11) is -7.74. The molecule has 1 spiro atoms. The second-order valence-corrected chi connectivity index (χ2v) is 14.1. The molecule has 3 aromatic rings. The van der Waals surface area contributed by atoms with Gasteiger partial charge in [0.15, 0.2) is 0 Å². The average Bonchev–Trinajstić information content (AvgIpc) is 3.30. The van der Waals surface area contributed by atoms with Crippen LogP contribution in [0.25, 0.3) is 6.08 Å². The van der Waals surface area contributed by atoms with Gasteiger partial charge in [-0.3, -0.25) is 14.8 Å². The summed E-state index contributed by atoms with van der Waals surface area (Å²) in [5.74, 6) is -0.469. The molecule has 3 heterocycles. The molecule has 2 aromatic carbocycles. The predicted octanol–water partition coefficient (Wildman–Crippen LogP) is 3.60. The number of halogens is 3. The maximum atomic E-state index is 13.2. The summed E-state index contributed by atoms with van der Waals surface area (Å²) < 4.78 is 94.9. The summed E-state index contributed by atoms with van der Waals surface area (Å²) in [6, 6.07) is 12.3. The lowest BCUT2D eigenvalue weighted by Crippen LogP contribution is -2.50. The van der Waals surface area contributed by atoms with Crippen LogP contribution in [0.4, 0.5) is 13.2 Å². The molecule has 1 saturated heterocycles. The predicted molar refractivity (Wildman–Crippen MR) is 157 cm³/mol. The maximum absolute atomic E-state index is 13.2. The number of aromatic nitrogens is 1. The lowest BCUT2D eigenvalue weighted by atomic mass is 9.89. The van der Waals surface area contributed by atoms with Crippen molar-refractivity contribution in [1.82, 2.24) is 19.3 Å². The smallest absolute Gasteiger partial charge is 0.308 e. The highest BCUT2D eigenvalue weighted by molar-refractivity contribution is 7.92. The third-order valence-corrected chi connectivity index (χ3v) is 10.5. The fraction of sp³-hybridized carbons (Fsp3) is 0.276. The summed E-state index contributed by atoms with van der Waals surface area (Å²) in [5, 5.41) is 3.58. The second kappa shape index (κ2) is 11.9. The van der Waals surface area contributed by atoms with Gasteiger partial charge < -0.3 is 5.32 Å². The van der Waals surface area contributed by atoms with Crippen LogP contribution >= 0.6 is 0 Å². The van der Waals surface area contributed by atoms with E-state index in [9.17, 15) is 34.8 Å². The number of benzene rings is 2. The molecule has 10 nitrogen and oxygen atoms in total. The molecular formula is C29H28F3N5O5S2. The van der Waals surface area contributed by atoms with E-state index in [1.54, 1.807) is 31.5 Å². The number of sulfonamides is 2. The number of rotatable bonds is 8. The minimum Gasteiger partial charge on any atom is -0.308 e. The van der Waals surface area contributed by atoms with Crippen molar-refractivity contribution < 1.29 is 34.8 Å². The molecular weight excluding hydrogens is 619 g/mol. The summed E-state index contributed by atoms with van der Waals surface area (Å²) in [6.45, 7) is 1.66. The first-order chi connectivity index (χ1) is 20.7. The molecule has 2 N–H and O–H groups in total. The molecule has 5 rings (SSSR count). The van der Waals surface area contributed by atoms with E-state index in [1.807, 2.05) is 0 Å². The van der Waals surface area contributed by atoms with Crippen LogP contribution in [0.1, 0.15) is 40.7 Å². The molecule has 1 fully saturated rings. The lowest BCUT2D eigenvalue weighted by Gasteiger charge is -2.34. The molecule has 0 saturated carbocycles. The van der Waals surface area contributed by atoms with E-state index >= 15 is 0 Å². The van der Waals surface area contributed by atoms with Crippen LogP contribution in [-0.4, -0.2) is 56.5 Å². The Morgan fingerprint density at radius 1 is 1.05 bits per heavy atom. The lowest BCUT2D eigenvalue weighted by molar-refractivity contribution is -0.137. The number of hydrogen-bond acceptors (Lipinski definition) is 7. The van der Waals surface area contributed by atoms with Crippen molar-refractivity contribution in [1.29, 1.82) is 0 Å². The minimum atomic E-state index is -4.56. The Labute approximate surface area is 252 Å². The Balaban J connectivity index is 1.24. The van der Waals surface area contributed by atoms with E-state index in [-0.39, 0.29) is 48.8 Å². The number of alkyl halides is 3. The van der Waals surface area contributed by atoms with Gasteiger partial charge in [-0.1, -0.05) is 24.3 Å². The number of piperidine rings is 1. The van der Waals surface area contributed by atoms with Gasteiger partial charge in [-0.25, -0.2) is 21.6 Å². The van der Waals surface area contributed by atoms with Crippen molar-refractivity contribution in [3.05, 3.63) is 100 Å². The maximum Gasteiger partial charge on any atom is 0.416 e. The molecule has 232 valence electrons. The summed E-state index contributed by atoms with van der Waals surface area (Å²) in [6.07, 6.45) is 0.0531. The first kappa shape index (κ1) is 31.5. The fourth-order valence-corrected chi connectivity index (χ4v) is 7.24. The third-order valence-electron chi connectivity index (χ3n) is 7.51. The van der Waals surface area contributed by atoms with Crippen molar-refractivity contribution in [3.63, 3.8) is 0 Å². The standard InChI is InChI=1S/C29H28F3N5O5S2/c1-20-16-25(44(41,42)34-19-21-4-3-12-33-18-21)8-7-22(20)9-15-43(39,40)37-13-10-28(11-14-37)27(38)35-26(36-28)23-5-2-6-24(17-23)29(30,31)32/h2-9,12,15-18,34H,10-11,13-14,19H2,1H3,(H,35,36,38)/b15-9+. The van der Waals surface area contributed by atoms with Gasteiger partial charge in [0.1, 0.15) is 11.4 Å². The quantitative estimate of drug-likeness (QED) is 0.384. The molecule has 1 aromatic heterocycles. The van der Waals surface area contributed by atoms with Gasteiger partial charge in [0, 0.05) is 43.0 Å². The van der Waals surface area contributed by atoms with Gasteiger partial charge in [0.25, 0.3) is 5.91 Å². The van der Waals surface area contributed by atoms with Crippen molar-refractivity contribution in [3.8, 4) is 0 Å². The Hall–Kier alpha value is -3.92. The molecule has 0 unspecified atom stereocenters. The number of aryl methyl sites for hydroxylation is 1. The fourth-order valence-electron chi connectivity index (χ4n) is 4.96. The first-order valence-electron chi connectivity index (χ1n) is 13.4. The topological polar surface area (TPSA) is 138 Å². The SMILES string of the molecule is Cc1cc(S(=O)(=O)NCc2cccnc2)ccc1/C=C/S(=O)(=O)N1CCC2(CC1)N=C(c1cccc(C(F)(F)F)c1)NC2=O. The average molecular weight is 648 g/mol. The molecule has 0 aliphatic carbocycles. The van der Waals surface area contributed by atoms with Crippen LogP contribution in [0.3, 0.4) is 0 Å².